The molecule has 2 aromatic rings. The third-order valence-electron chi connectivity index (χ3n) is 6.63. The number of methoxy groups -OCH3 is 1. The average molecular weight is 430 g/mol. The Morgan fingerprint density at radius 2 is 1.62 bits per heavy atom. The van der Waals surface area contributed by atoms with Gasteiger partial charge in [0.2, 0.25) is 0 Å². The van der Waals surface area contributed by atoms with Gasteiger partial charge in [0.25, 0.3) is 0 Å². The van der Waals surface area contributed by atoms with Crippen LogP contribution in [0, 0.1) is 12.3 Å². The van der Waals surface area contributed by atoms with Crippen molar-refractivity contribution in [2.24, 2.45) is 5.41 Å². The van der Waals surface area contributed by atoms with E-state index in [1.54, 1.807) is 7.11 Å². The summed E-state index contributed by atoms with van der Waals surface area (Å²) in [7, 11) is 1.62. The van der Waals surface area contributed by atoms with Crippen molar-refractivity contribution in [3.63, 3.8) is 0 Å². The Morgan fingerprint density at radius 1 is 0.938 bits per heavy atom. The summed E-state index contributed by atoms with van der Waals surface area (Å²) in [5.74, 6) is 0.0631. The van der Waals surface area contributed by atoms with Crippen molar-refractivity contribution in [3.05, 3.63) is 82.2 Å². The number of allylic oxidation sites excluding steroid dienone is 2. The smallest absolute Gasteiger partial charge is 0.337 e. The number of aryl methyl sites for hydroxylation is 1. The minimum absolute atomic E-state index is 0.0976. The van der Waals surface area contributed by atoms with Crippen molar-refractivity contribution in [2.75, 3.05) is 18.6 Å². The van der Waals surface area contributed by atoms with Crippen molar-refractivity contribution in [1.29, 1.82) is 0 Å². The average Bonchev–Trinajstić information content (AvgIpc) is 3.13. The molecule has 32 heavy (non-hydrogen) atoms. The van der Waals surface area contributed by atoms with E-state index < -0.39 is 5.92 Å². The Bertz CT molecular complexity index is 1170. The Kier molecular flexibility index (Phi) is 4.73. The predicted molar refractivity (Wildman–Crippen MR) is 122 cm³/mol. The van der Waals surface area contributed by atoms with Gasteiger partial charge in [0, 0.05) is 29.3 Å². The van der Waals surface area contributed by atoms with E-state index in [1.807, 2.05) is 43.3 Å². The van der Waals surface area contributed by atoms with E-state index in [2.05, 4.69) is 30.9 Å². The van der Waals surface area contributed by atoms with Gasteiger partial charge in [-0.3, -0.25) is 4.79 Å². The van der Waals surface area contributed by atoms with Crippen molar-refractivity contribution in [3.8, 4) is 5.75 Å². The van der Waals surface area contributed by atoms with Crippen LogP contribution in [0.5, 0.6) is 5.75 Å². The minimum atomic E-state index is -0.425. The SMILES string of the molecule is COc1ccc(C2C3=C(CC(C)(C)CC3=O)N(c3ccc(C)cc3)C3=C2C(=O)OC3)cc1. The molecule has 0 fully saturated rings. The molecular weight excluding hydrogens is 402 g/mol. The molecule has 0 aromatic heterocycles. The van der Waals surface area contributed by atoms with Crippen LogP contribution in [0.25, 0.3) is 0 Å². The fraction of sp³-hybridized carbons (Fsp3) is 0.333. The van der Waals surface area contributed by atoms with Crippen LogP contribution in [0.1, 0.15) is 43.7 Å². The molecule has 2 aromatic carbocycles. The molecular formula is C27H27NO4. The van der Waals surface area contributed by atoms with Crippen LogP contribution in [0.3, 0.4) is 0 Å². The molecule has 1 aliphatic carbocycles. The molecule has 0 N–H and O–H groups in total. The number of rotatable bonds is 3. The highest BCUT2D eigenvalue weighted by atomic mass is 16.5. The number of carbonyl (C=O) groups is 2. The number of nitrogens with zero attached hydrogens (tertiary/aromatic N) is 1. The highest BCUT2D eigenvalue weighted by Gasteiger charge is 2.48. The predicted octanol–water partition coefficient (Wildman–Crippen LogP) is 5.06. The molecule has 0 spiro atoms. The van der Waals surface area contributed by atoms with Crippen LogP contribution in [0.4, 0.5) is 5.69 Å². The van der Waals surface area contributed by atoms with Gasteiger partial charge in [0.15, 0.2) is 5.78 Å². The molecule has 1 unspecified atom stereocenters. The van der Waals surface area contributed by atoms with Crippen LogP contribution >= 0.6 is 0 Å². The Labute approximate surface area is 188 Å². The number of carbonyl (C=O) groups excluding carboxylic acids is 2. The number of hydrogen-bond acceptors (Lipinski definition) is 5. The van der Waals surface area contributed by atoms with Gasteiger partial charge in [0.1, 0.15) is 12.4 Å². The van der Waals surface area contributed by atoms with Gasteiger partial charge < -0.3 is 14.4 Å². The lowest BCUT2D eigenvalue weighted by Crippen LogP contribution is -2.40. The number of benzene rings is 2. The standard InChI is InChI=1S/C27H27NO4/c1-16-5-9-18(10-6-16)28-20-13-27(2,3)14-22(29)24(20)23(25-21(28)15-32-26(25)30)17-7-11-19(31-4)12-8-17/h5-12,23H,13-15H2,1-4H3. The molecule has 5 heteroatoms. The number of cyclic esters (lactones) is 1. The van der Waals surface area contributed by atoms with Gasteiger partial charge in [-0.1, -0.05) is 43.7 Å². The van der Waals surface area contributed by atoms with E-state index in [4.69, 9.17) is 9.47 Å². The number of ketones is 1. The summed E-state index contributed by atoms with van der Waals surface area (Å²) in [4.78, 5) is 28.7. The van der Waals surface area contributed by atoms with Crippen LogP contribution in [0.2, 0.25) is 0 Å². The van der Waals surface area contributed by atoms with E-state index >= 15 is 0 Å². The van der Waals surface area contributed by atoms with Crippen molar-refractivity contribution >= 4 is 17.4 Å². The quantitative estimate of drug-likeness (QED) is 0.638. The molecule has 0 bridgehead atoms. The third kappa shape index (κ3) is 3.24. The summed E-state index contributed by atoms with van der Waals surface area (Å²) < 4.78 is 10.9. The van der Waals surface area contributed by atoms with Gasteiger partial charge in [0.05, 0.1) is 18.4 Å². The first kappa shape index (κ1) is 20.6. The molecule has 3 aliphatic rings. The normalized spacial score (nSPS) is 22.0. The summed E-state index contributed by atoms with van der Waals surface area (Å²) in [5, 5.41) is 0. The lowest BCUT2D eigenvalue weighted by atomic mass is 9.68. The van der Waals surface area contributed by atoms with Gasteiger partial charge >= 0.3 is 5.97 Å². The minimum Gasteiger partial charge on any atom is -0.497 e. The molecule has 0 saturated heterocycles. The monoisotopic (exact) mass is 429 g/mol. The van der Waals surface area contributed by atoms with Gasteiger partial charge in [-0.05, 0) is 48.6 Å². The summed E-state index contributed by atoms with van der Waals surface area (Å²) in [6, 6.07) is 15.8. The van der Waals surface area contributed by atoms with E-state index in [-0.39, 0.29) is 23.8 Å². The Morgan fingerprint density at radius 3 is 2.28 bits per heavy atom. The Balaban J connectivity index is 1.76. The van der Waals surface area contributed by atoms with E-state index in [9.17, 15) is 9.59 Å². The van der Waals surface area contributed by atoms with Crippen molar-refractivity contribution in [1.82, 2.24) is 0 Å². The lowest BCUT2D eigenvalue weighted by Gasteiger charge is -2.43. The van der Waals surface area contributed by atoms with Crippen molar-refractivity contribution < 1.29 is 19.1 Å². The number of Topliss-reactive ketones (excluding diaryl/α,β-unsaturated/α-hetero) is 1. The first-order valence-corrected chi connectivity index (χ1v) is 11.0. The first-order valence-electron chi connectivity index (χ1n) is 11.0. The third-order valence-corrected chi connectivity index (χ3v) is 6.63. The second kappa shape index (κ2) is 7.37. The summed E-state index contributed by atoms with van der Waals surface area (Å²) >= 11 is 0. The van der Waals surface area contributed by atoms with Crippen LogP contribution < -0.4 is 9.64 Å². The highest BCUT2D eigenvalue weighted by molar-refractivity contribution is 6.06. The maximum Gasteiger partial charge on any atom is 0.337 e. The highest BCUT2D eigenvalue weighted by Crippen LogP contribution is 2.52. The van der Waals surface area contributed by atoms with Crippen LogP contribution in [-0.2, 0) is 14.3 Å². The van der Waals surface area contributed by atoms with E-state index in [0.29, 0.717) is 17.6 Å². The fourth-order valence-electron chi connectivity index (χ4n) is 5.15. The van der Waals surface area contributed by atoms with Gasteiger partial charge in [-0.15, -0.1) is 0 Å². The fourth-order valence-corrected chi connectivity index (χ4v) is 5.15. The zero-order valence-electron chi connectivity index (χ0n) is 18.9. The molecule has 0 saturated carbocycles. The van der Waals surface area contributed by atoms with Crippen LogP contribution in [0.15, 0.2) is 71.1 Å². The molecule has 2 aliphatic heterocycles. The van der Waals surface area contributed by atoms with Gasteiger partial charge in [-0.25, -0.2) is 4.79 Å². The molecule has 0 amide bonds. The second-order valence-electron chi connectivity index (χ2n) is 9.61. The lowest BCUT2D eigenvalue weighted by molar-refractivity contribution is -0.136. The van der Waals surface area contributed by atoms with E-state index in [1.165, 1.54) is 0 Å². The number of ether oxygens (including phenoxy) is 2. The maximum atomic E-state index is 13.6. The molecule has 5 rings (SSSR count). The topological polar surface area (TPSA) is 55.8 Å². The maximum absolute atomic E-state index is 13.6. The molecule has 1 atom stereocenters. The second-order valence-corrected chi connectivity index (χ2v) is 9.61. The number of anilines is 1. The zero-order chi connectivity index (χ0) is 22.6. The summed E-state index contributed by atoms with van der Waals surface area (Å²) in [6.45, 7) is 6.51. The molecule has 0 radical (unpaired) electrons. The van der Waals surface area contributed by atoms with Crippen molar-refractivity contribution in [2.45, 2.75) is 39.5 Å². The summed E-state index contributed by atoms with van der Waals surface area (Å²) in [6.07, 6.45) is 1.21. The molecule has 5 nitrogen and oxygen atoms in total. The number of hydrogen-bond donors (Lipinski definition) is 0. The summed E-state index contributed by atoms with van der Waals surface area (Å²) in [5.41, 5.74) is 5.95. The molecule has 2 heterocycles. The van der Waals surface area contributed by atoms with E-state index in [0.717, 1.165) is 40.4 Å². The van der Waals surface area contributed by atoms with Gasteiger partial charge in [-0.2, -0.15) is 0 Å². The molecule has 164 valence electrons. The Hall–Kier alpha value is -3.34. The zero-order valence-corrected chi connectivity index (χ0v) is 18.9. The van der Waals surface area contributed by atoms with Crippen LogP contribution in [-0.4, -0.2) is 25.5 Å². The number of esters is 1. The first-order chi connectivity index (χ1) is 15.3. The largest absolute Gasteiger partial charge is 0.497 e.